The van der Waals surface area contributed by atoms with Gasteiger partial charge in [0.25, 0.3) is 0 Å². The third-order valence-corrected chi connectivity index (χ3v) is 5.98. The summed E-state index contributed by atoms with van der Waals surface area (Å²) in [6.07, 6.45) is 1.37. The molecule has 0 aromatic carbocycles. The van der Waals surface area contributed by atoms with E-state index >= 15 is 0 Å². The van der Waals surface area contributed by atoms with Crippen LogP contribution in [0.3, 0.4) is 0 Å². The molecule has 13 nitrogen and oxygen atoms in total. The number of rotatable bonds is 18. The molecule has 9 N–H and O–H groups in total. The van der Waals surface area contributed by atoms with Crippen molar-refractivity contribution in [3.8, 4) is 0 Å². The van der Waals surface area contributed by atoms with E-state index in [1.165, 1.54) is 11.8 Å². The highest BCUT2D eigenvalue weighted by Gasteiger charge is 2.32. The maximum absolute atomic E-state index is 13.0. The van der Waals surface area contributed by atoms with Crippen molar-refractivity contribution in [2.45, 2.75) is 76.5 Å². The van der Waals surface area contributed by atoms with E-state index in [2.05, 4.69) is 16.0 Å². The van der Waals surface area contributed by atoms with Crippen LogP contribution >= 0.6 is 11.8 Å². The van der Waals surface area contributed by atoms with Gasteiger partial charge in [0.1, 0.15) is 18.1 Å². The summed E-state index contributed by atoms with van der Waals surface area (Å²) in [7, 11) is 0. The summed E-state index contributed by atoms with van der Waals surface area (Å²) in [6, 6.07) is -4.75. The molecule has 0 aromatic heterocycles. The fourth-order valence-corrected chi connectivity index (χ4v) is 3.44. The second kappa shape index (κ2) is 16.7. The van der Waals surface area contributed by atoms with E-state index in [0.29, 0.717) is 18.6 Å². The molecular weight excluding hydrogens is 482 g/mol. The number of nitrogens with two attached hydrogens (primary N) is 2. The number of carbonyl (C=O) groups excluding carboxylic acids is 4. The number of nitrogens with one attached hydrogen (secondary N) is 3. The van der Waals surface area contributed by atoms with Crippen LogP contribution in [-0.4, -0.2) is 82.0 Å². The van der Waals surface area contributed by atoms with E-state index in [9.17, 15) is 33.9 Å². The van der Waals surface area contributed by atoms with Gasteiger partial charge in [-0.2, -0.15) is 11.8 Å². The van der Waals surface area contributed by atoms with Crippen molar-refractivity contribution in [1.82, 2.24) is 16.0 Å². The molecular formula is C21H37N5O8S. The lowest BCUT2D eigenvalue weighted by molar-refractivity contribution is -0.143. The number of carboxylic acid groups (broad SMARTS) is 2. The molecule has 35 heavy (non-hydrogen) atoms. The van der Waals surface area contributed by atoms with Crippen LogP contribution in [0.5, 0.6) is 0 Å². The largest absolute Gasteiger partial charge is 0.481 e. The van der Waals surface area contributed by atoms with Crippen molar-refractivity contribution in [3.05, 3.63) is 0 Å². The lowest BCUT2D eigenvalue weighted by Gasteiger charge is -2.28. The predicted molar refractivity (Wildman–Crippen MR) is 129 cm³/mol. The normalized spacial score (nSPS) is 15.1. The van der Waals surface area contributed by atoms with Crippen LogP contribution in [0.2, 0.25) is 0 Å². The molecule has 0 saturated carbocycles. The van der Waals surface area contributed by atoms with E-state index in [0.717, 1.165) is 0 Å². The summed E-state index contributed by atoms with van der Waals surface area (Å²) >= 11 is 1.52. The Morgan fingerprint density at radius 2 is 1.43 bits per heavy atom. The van der Waals surface area contributed by atoms with Crippen LogP contribution in [0, 0.1) is 5.92 Å². The molecule has 0 radical (unpaired) electrons. The molecule has 4 amide bonds. The zero-order valence-electron chi connectivity index (χ0n) is 20.2. The minimum Gasteiger partial charge on any atom is -0.481 e. The maximum atomic E-state index is 13.0. The van der Waals surface area contributed by atoms with E-state index in [4.69, 9.17) is 16.6 Å². The fourth-order valence-electron chi connectivity index (χ4n) is 2.95. The summed E-state index contributed by atoms with van der Waals surface area (Å²) < 4.78 is 0. The van der Waals surface area contributed by atoms with Gasteiger partial charge in [0, 0.05) is 12.8 Å². The number of aliphatic carboxylic acids is 2. The Balaban J connectivity index is 5.59. The molecule has 0 fully saturated rings. The zero-order chi connectivity index (χ0) is 27.1. The van der Waals surface area contributed by atoms with Crippen molar-refractivity contribution in [3.63, 3.8) is 0 Å². The monoisotopic (exact) mass is 519 g/mol. The van der Waals surface area contributed by atoms with Gasteiger partial charge < -0.3 is 37.6 Å². The van der Waals surface area contributed by atoms with E-state index in [-0.39, 0.29) is 25.2 Å². The number of carboxylic acids is 2. The second-order valence-electron chi connectivity index (χ2n) is 8.16. The molecule has 14 heteroatoms. The number of hydrogen-bond donors (Lipinski definition) is 7. The molecule has 0 aliphatic rings. The van der Waals surface area contributed by atoms with Gasteiger partial charge in [0.05, 0.1) is 6.04 Å². The molecule has 0 spiro atoms. The molecule has 0 aliphatic heterocycles. The van der Waals surface area contributed by atoms with Crippen molar-refractivity contribution in [2.24, 2.45) is 17.4 Å². The standard InChI is InChI=1S/C21H37N5O8S/c1-4-11(2)17(26-18(30)12(22)9-10-35-3)20(32)24-13(5-7-15(23)27)19(31)25-14(21(33)34)6-8-16(28)29/h11-14,17H,4-10,22H2,1-3H3,(H2,23,27)(H,24,32)(H,25,31)(H,26,30)(H,28,29)(H,33,34). The van der Waals surface area contributed by atoms with Crippen molar-refractivity contribution in [2.75, 3.05) is 12.0 Å². The van der Waals surface area contributed by atoms with Crippen LogP contribution in [0.4, 0.5) is 0 Å². The smallest absolute Gasteiger partial charge is 0.326 e. The Hall–Kier alpha value is -2.87. The maximum Gasteiger partial charge on any atom is 0.326 e. The molecule has 5 unspecified atom stereocenters. The van der Waals surface area contributed by atoms with Crippen molar-refractivity contribution < 1.29 is 39.0 Å². The molecule has 5 atom stereocenters. The number of thioether (sulfide) groups is 1. The molecule has 0 heterocycles. The van der Waals surface area contributed by atoms with Crippen LogP contribution in [0.1, 0.15) is 52.4 Å². The molecule has 0 aromatic rings. The average Bonchev–Trinajstić information content (AvgIpc) is 2.79. The molecule has 0 rings (SSSR count). The molecule has 0 aliphatic carbocycles. The van der Waals surface area contributed by atoms with Gasteiger partial charge in [0.15, 0.2) is 0 Å². The van der Waals surface area contributed by atoms with Crippen LogP contribution < -0.4 is 27.4 Å². The summed E-state index contributed by atoms with van der Waals surface area (Å²) in [4.78, 5) is 71.8. The number of primary amides is 1. The first-order valence-corrected chi connectivity index (χ1v) is 12.6. The Bertz CT molecular complexity index is 766. The Kier molecular flexibility index (Phi) is 15.3. The summed E-state index contributed by atoms with van der Waals surface area (Å²) in [5.41, 5.74) is 11.0. The van der Waals surface area contributed by atoms with E-state index < -0.39 is 66.2 Å². The number of amides is 4. The average molecular weight is 520 g/mol. The van der Waals surface area contributed by atoms with Gasteiger partial charge in [-0.25, -0.2) is 4.79 Å². The van der Waals surface area contributed by atoms with Gasteiger partial charge in [-0.3, -0.25) is 24.0 Å². The molecule has 0 saturated heterocycles. The summed E-state index contributed by atoms with van der Waals surface area (Å²) in [5.74, 6) is -5.31. The van der Waals surface area contributed by atoms with Crippen LogP contribution in [0.25, 0.3) is 0 Å². The van der Waals surface area contributed by atoms with E-state index in [1.807, 2.05) is 13.2 Å². The third kappa shape index (κ3) is 13.0. The van der Waals surface area contributed by atoms with Gasteiger partial charge in [-0.1, -0.05) is 20.3 Å². The fraction of sp³-hybridized carbons (Fsp3) is 0.714. The van der Waals surface area contributed by atoms with Crippen molar-refractivity contribution in [1.29, 1.82) is 0 Å². The first kappa shape index (κ1) is 32.1. The third-order valence-electron chi connectivity index (χ3n) is 5.34. The predicted octanol–water partition coefficient (Wildman–Crippen LogP) is -1.22. The van der Waals surface area contributed by atoms with Crippen molar-refractivity contribution >= 4 is 47.3 Å². The lowest BCUT2D eigenvalue weighted by atomic mass is 9.97. The Morgan fingerprint density at radius 1 is 0.857 bits per heavy atom. The van der Waals surface area contributed by atoms with Gasteiger partial charge in [-0.15, -0.1) is 0 Å². The second-order valence-corrected chi connectivity index (χ2v) is 9.14. The first-order chi connectivity index (χ1) is 16.3. The Morgan fingerprint density at radius 3 is 1.91 bits per heavy atom. The highest BCUT2D eigenvalue weighted by Crippen LogP contribution is 2.11. The topological polar surface area (TPSA) is 231 Å². The van der Waals surface area contributed by atoms with Gasteiger partial charge >= 0.3 is 11.9 Å². The number of hydrogen-bond acceptors (Lipinski definition) is 8. The highest BCUT2D eigenvalue weighted by atomic mass is 32.2. The highest BCUT2D eigenvalue weighted by molar-refractivity contribution is 7.98. The summed E-state index contributed by atoms with van der Waals surface area (Å²) in [6.45, 7) is 3.53. The molecule has 200 valence electrons. The lowest BCUT2D eigenvalue weighted by Crippen LogP contribution is -2.58. The minimum absolute atomic E-state index is 0.230. The number of carbonyl (C=O) groups is 6. The van der Waals surface area contributed by atoms with Crippen LogP contribution in [-0.2, 0) is 28.8 Å². The first-order valence-electron chi connectivity index (χ1n) is 11.2. The SMILES string of the molecule is CCC(C)C(NC(=O)C(N)CCSC)C(=O)NC(CCC(N)=O)C(=O)NC(CCC(=O)O)C(=O)O. The Labute approximate surface area is 208 Å². The van der Waals surface area contributed by atoms with E-state index in [1.54, 1.807) is 6.92 Å². The zero-order valence-corrected chi connectivity index (χ0v) is 21.1. The molecule has 0 bridgehead atoms. The van der Waals surface area contributed by atoms with Gasteiger partial charge in [0.2, 0.25) is 23.6 Å². The minimum atomic E-state index is -1.52. The van der Waals surface area contributed by atoms with Gasteiger partial charge in [-0.05, 0) is 37.2 Å². The van der Waals surface area contributed by atoms with Crippen LogP contribution in [0.15, 0.2) is 0 Å². The quantitative estimate of drug-likeness (QED) is 0.114. The summed E-state index contributed by atoms with van der Waals surface area (Å²) in [5, 5.41) is 25.3.